The molecular weight excluding hydrogens is 293 g/mol. The lowest BCUT2D eigenvalue weighted by atomic mass is 9.90. The molecule has 0 amide bonds. The van der Waals surface area contributed by atoms with Crippen LogP contribution in [0.2, 0.25) is 0 Å². The minimum absolute atomic E-state index is 0.108. The highest BCUT2D eigenvalue weighted by atomic mass is 79.9. The molecule has 0 heterocycles. The summed E-state index contributed by atoms with van der Waals surface area (Å²) in [5.74, 6) is 1.22. The van der Waals surface area contributed by atoms with Gasteiger partial charge in [0, 0.05) is 11.6 Å². The first kappa shape index (κ1) is 14.0. The van der Waals surface area contributed by atoms with Gasteiger partial charge in [-0.05, 0) is 53.2 Å². The predicted molar refractivity (Wildman–Crippen MR) is 77.0 cm³/mol. The van der Waals surface area contributed by atoms with Gasteiger partial charge in [-0.25, -0.2) is 4.39 Å². The highest BCUT2D eigenvalue weighted by Crippen LogP contribution is 2.40. The summed E-state index contributed by atoms with van der Waals surface area (Å²) in [4.78, 5) is 0. The maximum atomic E-state index is 14.2. The van der Waals surface area contributed by atoms with E-state index in [0.717, 1.165) is 18.0 Å². The molecule has 1 aliphatic rings. The van der Waals surface area contributed by atoms with Crippen LogP contribution >= 0.6 is 15.9 Å². The molecule has 1 aromatic carbocycles. The Balaban J connectivity index is 2.26. The minimum atomic E-state index is -0.108. The SMILES string of the molecule is CCNC(c1cccc(Br)c1F)C1CCC(C)C1. The molecule has 18 heavy (non-hydrogen) atoms. The Bertz CT molecular complexity index is 407. The lowest BCUT2D eigenvalue weighted by Gasteiger charge is -2.25. The number of rotatable bonds is 4. The van der Waals surface area contributed by atoms with Gasteiger partial charge in [-0.2, -0.15) is 0 Å². The third-order valence-electron chi connectivity index (χ3n) is 3.95. The van der Waals surface area contributed by atoms with Gasteiger partial charge in [0.05, 0.1) is 4.47 Å². The van der Waals surface area contributed by atoms with Crippen LogP contribution in [0.3, 0.4) is 0 Å². The van der Waals surface area contributed by atoms with Crippen molar-refractivity contribution in [1.29, 1.82) is 0 Å². The molecule has 1 saturated carbocycles. The zero-order chi connectivity index (χ0) is 13.1. The standard InChI is InChI=1S/C15H21BrFN/c1-3-18-15(11-8-7-10(2)9-11)12-5-4-6-13(16)14(12)17/h4-6,10-11,15,18H,3,7-9H2,1-2H3. The van der Waals surface area contributed by atoms with Gasteiger partial charge >= 0.3 is 0 Å². The molecule has 1 aliphatic carbocycles. The van der Waals surface area contributed by atoms with Crippen LogP contribution < -0.4 is 5.32 Å². The fraction of sp³-hybridized carbons (Fsp3) is 0.600. The first-order valence-corrected chi connectivity index (χ1v) is 7.60. The Morgan fingerprint density at radius 1 is 1.44 bits per heavy atom. The van der Waals surface area contributed by atoms with Gasteiger partial charge in [0.25, 0.3) is 0 Å². The fourth-order valence-corrected chi connectivity index (χ4v) is 3.45. The van der Waals surface area contributed by atoms with Gasteiger partial charge in [-0.15, -0.1) is 0 Å². The molecule has 0 spiro atoms. The van der Waals surface area contributed by atoms with Gasteiger partial charge in [0.2, 0.25) is 0 Å². The number of nitrogens with one attached hydrogen (secondary N) is 1. The molecule has 3 unspecified atom stereocenters. The van der Waals surface area contributed by atoms with Crippen molar-refractivity contribution >= 4 is 15.9 Å². The second kappa shape index (κ2) is 6.16. The topological polar surface area (TPSA) is 12.0 Å². The van der Waals surface area contributed by atoms with E-state index in [1.807, 2.05) is 12.1 Å². The van der Waals surface area contributed by atoms with Crippen LogP contribution in [-0.2, 0) is 0 Å². The molecule has 2 rings (SSSR count). The summed E-state index contributed by atoms with van der Waals surface area (Å²) < 4.78 is 14.8. The molecule has 0 aliphatic heterocycles. The first-order valence-electron chi connectivity index (χ1n) is 6.80. The van der Waals surface area contributed by atoms with Crippen molar-refractivity contribution in [2.45, 2.75) is 39.2 Å². The minimum Gasteiger partial charge on any atom is -0.310 e. The molecule has 3 heteroatoms. The molecule has 0 bridgehead atoms. The van der Waals surface area contributed by atoms with Crippen LogP contribution in [0.4, 0.5) is 4.39 Å². The van der Waals surface area contributed by atoms with E-state index in [1.165, 1.54) is 19.3 Å². The van der Waals surface area contributed by atoms with Gasteiger partial charge < -0.3 is 5.32 Å². The molecule has 3 atom stereocenters. The maximum absolute atomic E-state index is 14.2. The third-order valence-corrected chi connectivity index (χ3v) is 4.56. The van der Waals surface area contributed by atoms with Crippen molar-refractivity contribution < 1.29 is 4.39 Å². The van der Waals surface area contributed by atoms with Crippen LogP contribution in [0.25, 0.3) is 0 Å². The average Bonchev–Trinajstić information content (AvgIpc) is 2.77. The Morgan fingerprint density at radius 2 is 2.22 bits per heavy atom. The van der Waals surface area contributed by atoms with Crippen LogP contribution in [0.15, 0.2) is 22.7 Å². The molecule has 1 N–H and O–H groups in total. The summed E-state index contributed by atoms with van der Waals surface area (Å²) in [6.07, 6.45) is 3.66. The van der Waals surface area contributed by atoms with E-state index in [1.54, 1.807) is 6.07 Å². The second-order valence-electron chi connectivity index (χ2n) is 5.36. The van der Waals surface area contributed by atoms with E-state index in [-0.39, 0.29) is 11.9 Å². The van der Waals surface area contributed by atoms with Crippen molar-refractivity contribution in [3.8, 4) is 0 Å². The van der Waals surface area contributed by atoms with Crippen LogP contribution in [0.1, 0.15) is 44.7 Å². The monoisotopic (exact) mass is 313 g/mol. The Hall–Kier alpha value is -0.410. The van der Waals surface area contributed by atoms with Crippen LogP contribution in [0.5, 0.6) is 0 Å². The van der Waals surface area contributed by atoms with E-state index < -0.39 is 0 Å². The van der Waals surface area contributed by atoms with Crippen molar-refractivity contribution in [1.82, 2.24) is 5.32 Å². The zero-order valence-electron chi connectivity index (χ0n) is 11.0. The van der Waals surface area contributed by atoms with Crippen LogP contribution in [-0.4, -0.2) is 6.54 Å². The molecule has 1 aromatic rings. The van der Waals surface area contributed by atoms with E-state index in [2.05, 4.69) is 35.1 Å². The van der Waals surface area contributed by atoms with Crippen molar-refractivity contribution in [3.63, 3.8) is 0 Å². The Kier molecular flexibility index (Phi) is 4.79. The first-order chi connectivity index (χ1) is 8.63. The Labute approximate surface area is 117 Å². The molecule has 1 fully saturated rings. The zero-order valence-corrected chi connectivity index (χ0v) is 12.6. The largest absolute Gasteiger partial charge is 0.310 e. The normalized spacial score (nSPS) is 25.3. The number of hydrogen-bond acceptors (Lipinski definition) is 1. The quantitative estimate of drug-likeness (QED) is 0.851. The van der Waals surface area contributed by atoms with Gasteiger partial charge in [-0.1, -0.05) is 32.4 Å². The van der Waals surface area contributed by atoms with E-state index in [4.69, 9.17) is 0 Å². The highest BCUT2D eigenvalue weighted by molar-refractivity contribution is 9.10. The highest BCUT2D eigenvalue weighted by Gasteiger charge is 2.31. The third kappa shape index (κ3) is 2.94. The molecule has 0 radical (unpaired) electrons. The van der Waals surface area contributed by atoms with Crippen molar-refractivity contribution in [2.75, 3.05) is 6.54 Å². The maximum Gasteiger partial charge on any atom is 0.142 e. The van der Waals surface area contributed by atoms with Crippen LogP contribution in [0, 0.1) is 17.7 Å². The molecule has 1 nitrogen and oxygen atoms in total. The molecule has 0 aromatic heterocycles. The summed E-state index contributed by atoms with van der Waals surface area (Å²) >= 11 is 3.28. The van der Waals surface area contributed by atoms with E-state index in [9.17, 15) is 4.39 Å². The molecule has 100 valence electrons. The van der Waals surface area contributed by atoms with Crippen molar-refractivity contribution in [2.24, 2.45) is 11.8 Å². The van der Waals surface area contributed by atoms with E-state index >= 15 is 0 Å². The molecular formula is C15H21BrFN. The Morgan fingerprint density at radius 3 is 2.83 bits per heavy atom. The summed E-state index contributed by atoms with van der Waals surface area (Å²) in [5.41, 5.74) is 0.810. The van der Waals surface area contributed by atoms with Gasteiger partial charge in [0.15, 0.2) is 0 Å². The second-order valence-corrected chi connectivity index (χ2v) is 6.21. The summed E-state index contributed by atoms with van der Waals surface area (Å²) in [7, 11) is 0. The van der Waals surface area contributed by atoms with E-state index in [0.29, 0.717) is 10.4 Å². The number of benzene rings is 1. The lowest BCUT2D eigenvalue weighted by molar-refractivity contribution is 0.354. The van der Waals surface area contributed by atoms with Gasteiger partial charge in [0.1, 0.15) is 5.82 Å². The fourth-order valence-electron chi connectivity index (χ4n) is 3.07. The van der Waals surface area contributed by atoms with Crippen molar-refractivity contribution in [3.05, 3.63) is 34.1 Å². The number of hydrogen-bond donors (Lipinski definition) is 1. The lowest BCUT2D eigenvalue weighted by Crippen LogP contribution is -2.28. The summed E-state index contributed by atoms with van der Waals surface area (Å²) in [6.45, 7) is 5.25. The number of halogens is 2. The predicted octanol–water partition coefficient (Wildman–Crippen LogP) is 4.68. The smallest absolute Gasteiger partial charge is 0.142 e. The summed E-state index contributed by atoms with van der Waals surface area (Å²) in [6, 6.07) is 5.75. The average molecular weight is 314 g/mol. The van der Waals surface area contributed by atoms with Gasteiger partial charge in [-0.3, -0.25) is 0 Å². The molecule has 0 saturated heterocycles. The summed E-state index contributed by atoms with van der Waals surface area (Å²) in [5, 5.41) is 3.47.